The van der Waals surface area contributed by atoms with Gasteiger partial charge >= 0.3 is 0 Å². The van der Waals surface area contributed by atoms with Crippen molar-refractivity contribution >= 4 is 17.6 Å². The van der Waals surface area contributed by atoms with Gasteiger partial charge in [0, 0.05) is 44.5 Å². The molecular formula is C22H24N6O2. The fourth-order valence-corrected chi connectivity index (χ4v) is 4.08. The van der Waals surface area contributed by atoms with Crippen LogP contribution in [-0.2, 0) is 16.1 Å². The van der Waals surface area contributed by atoms with Crippen LogP contribution >= 0.6 is 0 Å². The van der Waals surface area contributed by atoms with Gasteiger partial charge in [0.2, 0.25) is 11.8 Å². The predicted molar refractivity (Wildman–Crippen MR) is 110 cm³/mol. The smallest absolute Gasteiger partial charge is 0.225 e. The van der Waals surface area contributed by atoms with Gasteiger partial charge in [-0.2, -0.15) is 5.26 Å². The highest BCUT2D eigenvalue weighted by atomic mass is 16.2. The highest BCUT2D eigenvalue weighted by molar-refractivity contribution is 5.89. The van der Waals surface area contributed by atoms with E-state index in [9.17, 15) is 14.9 Å². The van der Waals surface area contributed by atoms with Crippen LogP contribution in [0.2, 0.25) is 0 Å². The van der Waals surface area contributed by atoms with Gasteiger partial charge in [0.05, 0.1) is 23.7 Å². The van der Waals surface area contributed by atoms with Crippen molar-refractivity contribution in [3.63, 3.8) is 0 Å². The van der Waals surface area contributed by atoms with Crippen LogP contribution in [0.1, 0.15) is 30.5 Å². The minimum Gasteiger partial charge on any atom is -0.355 e. The van der Waals surface area contributed by atoms with Crippen molar-refractivity contribution < 1.29 is 9.59 Å². The highest BCUT2D eigenvalue weighted by Crippen LogP contribution is 2.23. The molecule has 2 aromatic rings. The largest absolute Gasteiger partial charge is 0.355 e. The molecule has 8 heteroatoms. The maximum Gasteiger partial charge on any atom is 0.225 e. The molecule has 2 aliphatic heterocycles. The van der Waals surface area contributed by atoms with Crippen LogP contribution in [0.25, 0.3) is 0 Å². The Morgan fingerprint density at radius 1 is 1.17 bits per heavy atom. The minimum atomic E-state index is -0.319. The molecule has 2 saturated heterocycles. The molecular weight excluding hydrogens is 380 g/mol. The first kappa shape index (κ1) is 19.8. The zero-order valence-electron chi connectivity index (χ0n) is 16.7. The van der Waals surface area contributed by atoms with E-state index < -0.39 is 0 Å². The third kappa shape index (κ3) is 4.40. The van der Waals surface area contributed by atoms with E-state index in [0.717, 1.165) is 31.6 Å². The molecule has 1 atom stereocenters. The number of hydrogen-bond acceptors (Lipinski definition) is 6. The van der Waals surface area contributed by atoms with Gasteiger partial charge in [0.1, 0.15) is 11.9 Å². The zero-order valence-corrected chi connectivity index (χ0v) is 16.7. The standard InChI is InChI=1S/C22H24N6O2/c23-13-16-4-3-9-25-21(16)27-10-6-18(7-11-27)26-22(30)17-12-20(29)28(14-17)15-19-5-1-2-8-24-19/h1-5,8-9,17-18H,6-7,10-12,14-15H2,(H,26,30). The van der Waals surface area contributed by atoms with Crippen LogP contribution in [0.4, 0.5) is 5.82 Å². The second-order valence-corrected chi connectivity index (χ2v) is 7.75. The second kappa shape index (κ2) is 8.91. The molecule has 4 rings (SSSR count). The van der Waals surface area contributed by atoms with Crippen LogP contribution in [-0.4, -0.2) is 52.4 Å². The number of nitriles is 1. The molecule has 2 fully saturated rings. The number of nitrogens with one attached hydrogen (secondary N) is 1. The summed E-state index contributed by atoms with van der Waals surface area (Å²) in [6.45, 7) is 2.32. The van der Waals surface area contributed by atoms with Gasteiger partial charge in [-0.3, -0.25) is 14.6 Å². The number of pyridine rings is 2. The molecule has 8 nitrogen and oxygen atoms in total. The van der Waals surface area contributed by atoms with Crippen LogP contribution in [0.15, 0.2) is 42.7 Å². The summed E-state index contributed by atoms with van der Waals surface area (Å²) in [7, 11) is 0. The molecule has 2 amide bonds. The van der Waals surface area contributed by atoms with Crippen LogP contribution in [0.3, 0.4) is 0 Å². The number of carbonyl (C=O) groups excluding carboxylic acids is 2. The molecule has 2 aliphatic rings. The average Bonchev–Trinajstić information content (AvgIpc) is 3.15. The molecule has 1 N–H and O–H groups in total. The number of amides is 2. The van der Waals surface area contributed by atoms with Gasteiger partial charge in [-0.15, -0.1) is 0 Å². The van der Waals surface area contributed by atoms with Crippen molar-refractivity contribution in [1.82, 2.24) is 20.2 Å². The Morgan fingerprint density at radius 3 is 2.70 bits per heavy atom. The lowest BCUT2D eigenvalue weighted by Gasteiger charge is -2.33. The Kier molecular flexibility index (Phi) is 5.89. The Morgan fingerprint density at radius 2 is 1.97 bits per heavy atom. The summed E-state index contributed by atoms with van der Waals surface area (Å²) in [5.41, 5.74) is 1.39. The van der Waals surface area contributed by atoms with Gasteiger partial charge in [-0.05, 0) is 37.1 Å². The molecule has 0 aromatic carbocycles. The monoisotopic (exact) mass is 404 g/mol. The molecule has 0 radical (unpaired) electrons. The summed E-state index contributed by atoms with van der Waals surface area (Å²) in [4.78, 5) is 37.5. The fourth-order valence-electron chi connectivity index (χ4n) is 4.08. The number of piperidine rings is 1. The number of likely N-dealkylation sites (tertiary alicyclic amines) is 1. The Hall–Kier alpha value is -3.47. The fraction of sp³-hybridized carbons (Fsp3) is 0.409. The van der Waals surface area contributed by atoms with E-state index in [1.807, 2.05) is 18.2 Å². The van der Waals surface area contributed by atoms with Crippen molar-refractivity contribution in [1.29, 1.82) is 5.26 Å². The number of aromatic nitrogens is 2. The molecule has 1 unspecified atom stereocenters. The van der Waals surface area contributed by atoms with Gasteiger partial charge in [0.25, 0.3) is 0 Å². The number of carbonyl (C=O) groups is 2. The van der Waals surface area contributed by atoms with Gasteiger partial charge in [-0.25, -0.2) is 4.98 Å². The third-order valence-electron chi connectivity index (χ3n) is 5.71. The van der Waals surface area contributed by atoms with Crippen LogP contribution < -0.4 is 10.2 Å². The second-order valence-electron chi connectivity index (χ2n) is 7.75. The summed E-state index contributed by atoms with van der Waals surface area (Å²) in [5, 5.41) is 12.4. The first-order valence-corrected chi connectivity index (χ1v) is 10.2. The molecule has 154 valence electrons. The maximum atomic E-state index is 12.7. The van der Waals surface area contributed by atoms with E-state index in [0.29, 0.717) is 24.5 Å². The van der Waals surface area contributed by atoms with E-state index in [1.165, 1.54) is 0 Å². The van der Waals surface area contributed by atoms with Crippen molar-refractivity contribution in [2.24, 2.45) is 5.92 Å². The lowest BCUT2D eigenvalue weighted by molar-refractivity contribution is -0.129. The third-order valence-corrected chi connectivity index (χ3v) is 5.71. The number of hydrogen-bond donors (Lipinski definition) is 1. The summed E-state index contributed by atoms with van der Waals surface area (Å²) < 4.78 is 0. The quantitative estimate of drug-likeness (QED) is 0.810. The molecule has 2 aromatic heterocycles. The summed E-state index contributed by atoms with van der Waals surface area (Å²) in [5.74, 6) is 0.326. The van der Waals surface area contributed by atoms with Crippen molar-refractivity contribution in [2.75, 3.05) is 24.5 Å². The lowest BCUT2D eigenvalue weighted by atomic mass is 10.0. The van der Waals surface area contributed by atoms with E-state index in [1.54, 1.807) is 29.4 Å². The Bertz CT molecular complexity index is 950. The van der Waals surface area contributed by atoms with Crippen LogP contribution in [0.5, 0.6) is 0 Å². The van der Waals surface area contributed by atoms with Crippen molar-refractivity contribution in [3.05, 3.63) is 54.0 Å². The molecule has 4 heterocycles. The number of anilines is 1. The lowest BCUT2D eigenvalue weighted by Crippen LogP contribution is -2.47. The summed E-state index contributed by atoms with van der Waals surface area (Å²) in [6, 6.07) is 11.4. The average molecular weight is 404 g/mol. The number of rotatable bonds is 5. The zero-order chi connectivity index (χ0) is 20.9. The van der Waals surface area contributed by atoms with E-state index in [2.05, 4.69) is 26.3 Å². The Labute approximate surface area is 175 Å². The molecule has 0 bridgehead atoms. The summed E-state index contributed by atoms with van der Waals surface area (Å²) >= 11 is 0. The Balaban J connectivity index is 1.28. The highest BCUT2D eigenvalue weighted by Gasteiger charge is 2.35. The van der Waals surface area contributed by atoms with Gasteiger partial charge in [0.15, 0.2) is 0 Å². The summed E-state index contributed by atoms with van der Waals surface area (Å²) in [6.07, 6.45) is 5.21. The first-order valence-electron chi connectivity index (χ1n) is 10.2. The minimum absolute atomic E-state index is 0.00481. The first-order chi connectivity index (χ1) is 14.6. The van der Waals surface area contributed by atoms with E-state index in [4.69, 9.17) is 0 Å². The molecule has 30 heavy (non-hydrogen) atoms. The van der Waals surface area contributed by atoms with Crippen molar-refractivity contribution in [3.8, 4) is 6.07 Å². The van der Waals surface area contributed by atoms with Crippen molar-refractivity contribution in [2.45, 2.75) is 31.8 Å². The van der Waals surface area contributed by atoms with E-state index >= 15 is 0 Å². The molecule has 0 aliphatic carbocycles. The topological polar surface area (TPSA) is 102 Å². The van der Waals surface area contributed by atoms with Crippen LogP contribution in [0, 0.1) is 17.2 Å². The predicted octanol–water partition coefficient (Wildman–Crippen LogP) is 1.48. The normalized spacial score (nSPS) is 19.6. The van der Waals surface area contributed by atoms with E-state index in [-0.39, 0.29) is 30.2 Å². The maximum absolute atomic E-state index is 12.7. The van der Waals surface area contributed by atoms with Gasteiger partial charge in [-0.1, -0.05) is 6.07 Å². The number of nitrogens with zero attached hydrogens (tertiary/aromatic N) is 5. The molecule has 0 saturated carbocycles. The molecule has 0 spiro atoms. The SMILES string of the molecule is N#Cc1cccnc1N1CCC(NC(=O)C2CC(=O)N(Cc3ccccn3)C2)CC1. The van der Waals surface area contributed by atoms with Gasteiger partial charge < -0.3 is 15.1 Å².